The average Bonchev–Trinajstić information content (AvgIpc) is 2.06. The molecular weight excluding hydrogens is 136 g/mol. The second-order valence-corrected chi connectivity index (χ2v) is 2.75. The van der Waals surface area contributed by atoms with E-state index < -0.39 is 0 Å². The maximum absolute atomic E-state index is 5.73. The van der Waals surface area contributed by atoms with Gasteiger partial charge in [0, 0.05) is 12.1 Å². The van der Waals surface area contributed by atoms with Crippen LogP contribution in [-0.2, 0) is 0 Å². The molecule has 0 saturated carbocycles. The highest BCUT2D eigenvalue weighted by Crippen LogP contribution is 2.26. The van der Waals surface area contributed by atoms with Gasteiger partial charge in [0.05, 0.1) is 11.4 Å². The Morgan fingerprint density at radius 1 is 1.55 bits per heavy atom. The molecule has 1 atom stereocenters. The smallest absolute Gasteiger partial charge is 0.0704 e. The number of aliphatic imine (C=N–C) groups is 1. The van der Waals surface area contributed by atoms with E-state index >= 15 is 0 Å². The Bertz CT molecular complexity index is 282. The van der Waals surface area contributed by atoms with E-state index in [9.17, 15) is 0 Å². The normalized spacial score (nSPS) is 27.5. The lowest BCUT2D eigenvalue weighted by Gasteiger charge is -2.18. The van der Waals surface area contributed by atoms with Gasteiger partial charge in [-0.2, -0.15) is 0 Å². The summed E-state index contributed by atoms with van der Waals surface area (Å²) >= 11 is 0. The number of hydrogen-bond donors (Lipinski definition) is 1. The van der Waals surface area contributed by atoms with Crippen molar-refractivity contribution in [3.05, 3.63) is 35.7 Å². The molecule has 2 N–H and O–H groups in total. The molecular formula is C9H10N2. The van der Waals surface area contributed by atoms with Crippen molar-refractivity contribution in [2.45, 2.75) is 6.42 Å². The lowest BCUT2D eigenvalue weighted by Crippen LogP contribution is -2.12. The third-order valence-electron chi connectivity index (χ3n) is 1.98. The van der Waals surface area contributed by atoms with E-state index in [-0.39, 0.29) is 0 Å². The zero-order chi connectivity index (χ0) is 7.68. The Balaban J connectivity index is 2.43. The van der Waals surface area contributed by atoms with Gasteiger partial charge in [-0.15, -0.1) is 0 Å². The minimum Gasteiger partial charge on any atom is -0.397 e. The van der Waals surface area contributed by atoms with Gasteiger partial charge >= 0.3 is 0 Å². The maximum Gasteiger partial charge on any atom is 0.0704 e. The summed E-state index contributed by atoms with van der Waals surface area (Å²) < 4.78 is 0. The Morgan fingerprint density at radius 3 is 3.27 bits per heavy atom. The third kappa shape index (κ3) is 1.00. The summed E-state index contributed by atoms with van der Waals surface area (Å²) in [5.74, 6) is 0.421. The Labute approximate surface area is 65.8 Å². The largest absolute Gasteiger partial charge is 0.397 e. The van der Waals surface area contributed by atoms with Crippen LogP contribution in [0.4, 0.5) is 0 Å². The maximum atomic E-state index is 5.73. The zero-order valence-electron chi connectivity index (χ0n) is 6.20. The summed E-state index contributed by atoms with van der Waals surface area (Å²) in [7, 11) is 0. The van der Waals surface area contributed by atoms with Gasteiger partial charge in [-0.05, 0) is 18.6 Å². The molecule has 0 bridgehead atoms. The van der Waals surface area contributed by atoms with Crippen LogP contribution in [0.3, 0.4) is 0 Å². The molecule has 1 aliphatic carbocycles. The molecule has 0 radical (unpaired) electrons. The summed E-state index contributed by atoms with van der Waals surface area (Å²) in [6, 6.07) is 0. The van der Waals surface area contributed by atoms with Gasteiger partial charge in [-0.25, -0.2) is 0 Å². The van der Waals surface area contributed by atoms with Crippen LogP contribution in [0, 0.1) is 5.92 Å². The molecule has 56 valence electrons. The molecule has 0 fully saturated rings. The van der Waals surface area contributed by atoms with Crippen molar-refractivity contribution in [2.75, 3.05) is 0 Å². The molecule has 0 aromatic carbocycles. The lowest BCUT2D eigenvalue weighted by molar-refractivity contribution is 0.736. The van der Waals surface area contributed by atoms with Crippen LogP contribution in [0.1, 0.15) is 6.42 Å². The Hall–Kier alpha value is -1.31. The molecule has 0 spiro atoms. The number of allylic oxidation sites excluding steroid dienone is 4. The topological polar surface area (TPSA) is 38.4 Å². The molecule has 1 aliphatic heterocycles. The number of dihydropyridines is 1. The zero-order valence-corrected chi connectivity index (χ0v) is 6.20. The summed E-state index contributed by atoms with van der Waals surface area (Å²) in [4.78, 5) is 4.22. The average molecular weight is 146 g/mol. The SMILES string of the molecule is NC1=C2N=CC=CC2CC=C1. The highest BCUT2D eigenvalue weighted by molar-refractivity contribution is 5.74. The van der Waals surface area contributed by atoms with E-state index in [1.165, 1.54) is 0 Å². The van der Waals surface area contributed by atoms with Crippen LogP contribution in [0.25, 0.3) is 0 Å². The molecule has 0 aromatic heterocycles. The number of nitrogens with zero attached hydrogens (tertiary/aromatic N) is 1. The second kappa shape index (κ2) is 2.38. The molecule has 1 heterocycles. The fraction of sp³-hybridized carbons (Fsp3) is 0.222. The standard InChI is InChI=1S/C9H10N2/c10-8-5-1-3-7-4-2-6-11-9(7)8/h1-2,4-7H,3,10H2. The van der Waals surface area contributed by atoms with E-state index in [0.29, 0.717) is 5.92 Å². The molecule has 0 amide bonds. The molecule has 0 aromatic rings. The number of hydrogen-bond acceptors (Lipinski definition) is 2. The molecule has 0 saturated heterocycles. The van der Waals surface area contributed by atoms with Crippen LogP contribution in [0.2, 0.25) is 0 Å². The molecule has 2 heteroatoms. The minimum absolute atomic E-state index is 0.421. The van der Waals surface area contributed by atoms with Crippen LogP contribution in [0.5, 0.6) is 0 Å². The van der Waals surface area contributed by atoms with Crippen LogP contribution < -0.4 is 5.73 Å². The highest BCUT2D eigenvalue weighted by Gasteiger charge is 2.16. The minimum atomic E-state index is 0.421. The fourth-order valence-corrected chi connectivity index (χ4v) is 1.40. The summed E-state index contributed by atoms with van der Waals surface area (Å²) in [5.41, 5.74) is 7.56. The van der Waals surface area contributed by atoms with Gasteiger partial charge < -0.3 is 5.73 Å². The Kier molecular flexibility index (Phi) is 1.39. The summed E-state index contributed by atoms with van der Waals surface area (Å²) in [6.45, 7) is 0. The van der Waals surface area contributed by atoms with Gasteiger partial charge in [0.15, 0.2) is 0 Å². The lowest BCUT2D eigenvalue weighted by atomic mass is 9.94. The first-order valence-electron chi connectivity index (χ1n) is 3.75. The van der Waals surface area contributed by atoms with E-state index in [1.807, 2.05) is 12.2 Å². The van der Waals surface area contributed by atoms with Crippen LogP contribution in [-0.4, -0.2) is 6.21 Å². The molecule has 2 rings (SSSR count). The van der Waals surface area contributed by atoms with Crippen molar-refractivity contribution in [1.29, 1.82) is 0 Å². The van der Waals surface area contributed by atoms with Gasteiger partial charge in [0.25, 0.3) is 0 Å². The predicted octanol–water partition coefficient (Wildman–Crippen LogP) is 1.37. The number of fused-ring (bicyclic) bond motifs is 1. The first kappa shape index (κ1) is 6.40. The number of nitrogens with two attached hydrogens (primary N) is 1. The molecule has 2 nitrogen and oxygen atoms in total. The first-order chi connectivity index (χ1) is 5.38. The Morgan fingerprint density at radius 2 is 2.45 bits per heavy atom. The van der Waals surface area contributed by atoms with Gasteiger partial charge in [-0.3, -0.25) is 4.99 Å². The van der Waals surface area contributed by atoms with Gasteiger partial charge in [0.1, 0.15) is 0 Å². The monoisotopic (exact) mass is 146 g/mol. The van der Waals surface area contributed by atoms with Crippen molar-refractivity contribution in [2.24, 2.45) is 16.6 Å². The third-order valence-corrected chi connectivity index (χ3v) is 1.98. The first-order valence-corrected chi connectivity index (χ1v) is 3.75. The van der Waals surface area contributed by atoms with E-state index in [1.54, 1.807) is 6.21 Å². The van der Waals surface area contributed by atoms with E-state index in [4.69, 9.17) is 5.73 Å². The quantitative estimate of drug-likeness (QED) is 0.550. The van der Waals surface area contributed by atoms with Gasteiger partial charge in [0.2, 0.25) is 0 Å². The molecule has 11 heavy (non-hydrogen) atoms. The van der Waals surface area contributed by atoms with Crippen molar-refractivity contribution < 1.29 is 0 Å². The van der Waals surface area contributed by atoms with Crippen molar-refractivity contribution >= 4 is 6.21 Å². The predicted molar refractivity (Wildman–Crippen MR) is 46.1 cm³/mol. The van der Waals surface area contributed by atoms with E-state index in [0.717, 1.165) is 17.8 Å². The van der Waals surface area contributed by atoms with Crippen molar-refractivity contribution in [3.8, 4) is 0 Å². The van der Waals surface area contributed by atoms with Crippen LogP contribution >= 0.6 is 0 Å². The van der Waals surface area contributed by atoms with Crippen molar-refractivity contribution in [1.82, 2.24) is 0 Å². The highest BCUT2D eigenvalue weighted by atomic mass is 14.8. The van der Waals surface area contributed by atoms with Crippen molar-refractivity contribution in [3.63, 3.8) is 0 Å². The van der Waals surface area contributed by atoms with Gasteiger partial charge in [-0.1, -0.05) is 12.2 Å². The molecule has 2 aliphatic rings. The summed E-state index contributed by atoms with van der Waals surface area (Å²) in [6.07, 6.45) is 11.0. The van der Waals surface area contributed by atoms with Crippen LogP contribution in [0.15, 0.2) is 40.7 Å². The second-order valence-electron chi connectivity index (χ2n) is 2.75. The molecule has 1 unspecified atom stereocenters. The van der Waals surface area contributed by atoms with E-state index in [2.05, 4.69) is 17.1 Å². The fourth-order valence-electron chi connectivity index (χ4n) is 1.40. The summed E-state index contributed by atoms with van der Waals surface area (Å²) in [5, 5.41) is 0. The number of rotatable bonds is 0.